The van der Waals surface area contributed by atoms with Gasteiger partial charge in [0.05, 0.1) is 5.60 Å². The molecule has 7 heteroatoms. The van der Waals surface area contributed by atoms with Crippen LogP contribution in [0.5, 0.6) is 0 Å². The van der Waals surface area contributed by atoms with Gasteiger partial charge in [0.25, 0.3) is 0 Å². The van der Waals surface area contributed by atoms with Crippen LogP contribution in [0.1, 0.15) is 58.8 Å². The number of carbonyl (C=O) groups excluding carboxylic acids is 1. The van der Waals surface area contributed by atoms with Crippen molar-refractivity contribution in [3.05, 3.63) is 0 Å². The fourth-order valence-electron chi connectivity index (χ4n) is 3.47. The van der Waals surface area contributed by atoms with Crippen molar-refractivity contribution in [3.63, 3.8) is 0 Å². The molecule has 2 N–H and O–H groups in total. The van der Waals surface area contributed by atoms with Crippen LogP contribution in [0.3, 0.4) is 0 Å². The van der Waals surface area contributed by atoms with Gasteiger partial charge in [-0.15, -0.1) is 24.0 Å². The molecule has 1 heterocycles. The minimum atomic E-state index is 0. The number of rotatable bonds is 5. The number of ether oxygens (including phenoxy) is 1. The quantitative estimate of drug-likeness (QED) is 0.371. The lowest BCUT2D eigenvalue weighted by atomic mass is 9.89. The van der Waals surface area contributed by atoms with E-state index in [0.717, 1.165) is 31.8 Å². The number of hydrogen-bond acceptors (Lipinski definition) is 3. The second-order valence-electron chi connectivity index (χ2n) is 7.48. The maximum atomic E-state index is 11.8. The number of nitrogens with one attached hydrogen (secondary N) is 2. The van der Waals surface area contributed by atoms with E-state index >= 15 is 0 Å². The van der Waals surface area contributed by atoms with Gasteiger partial charge in [0.15, 0.2) is 5.96 Å². The van der Waals surface area contributed by atoms with Gasteiger partial charge in [-0.2, -0.15) is 0 Å². The van der Waals surface area contributed by atoms with Gasteiger partial charge in [-0.05, 0) is 39.0 Å². The molecule has 0 aromatic rings. The van der Waals surface area contributed by atoms with Crippen LogP contribution in [0.25, 0.3) is 0 Å². The topological polar surface area (TPSA) is 66.0 Å². The molecular weight excluding hydrogens is 431 g/mol. The summed E-state index contributed by atoms with van der Waals surface area (Å²) in [5.74, 6) is 0.763. The number of guanidine groups is 1. The normalized spacial score (nSPS) is 23.7. The maximum Gasteiger partial charge on any atom is 0.243 e. The van der Waals surface area contributed by atoms with Crippen LogP contribution in [-0.4, -0.2) is 61.7 Å². The van der Waals surface area contributed by atoms with Crippen LogP contribution < -0.4 is 10.6 Å². The standard InChI is InChI=1S/C18H34N4O2.HI/c1-5-14(2)20-17(19-13-16(23)22(3)4)21-15-8-11-24-18(12-15)9-6-7-10-18;/h14-15H,5-13H2,1-4H3,(H2,19,20,21);1H. The first kappa shape index (κ1) is 22.5. The summed E-state index contributed by atoms with van der Waals surface area (Å²) in [5, 5.41) is 6.97. The summed E-state index contributed by atoms with van der Waals surface area (Å²) in [7, 11) is 3.52. The third-order valence-electron chi connectivity index (χ3n) is 5.22. The monoisotopic (exact) mass is 466 g/mol. The first-order valence-electron chi connectivity index (χ1n) is 9.36. The molecule has 1 amide bonds. The Balaban J connectivity index is 0.00000312. The van der Waals surface area contributed by atoms with E-state index in [1.807, 2.05) is 0 Å². The van der Waals surface area contributed by atoms with Crippen LogP contribution >= 0.6 is 24.0 Å². The van der Waals surface area contributed by atoms with Crippen molar-refractivity contribution in [1.29, 1.82) is 0 Å². The second kappa shape index (κ2) is 10.5. The third-order valence-corrected chi connectivity index (χ3v) is 5.22. The van der Waals surface area contributed by atoms with E-state index in [4.69, 9.17) is 4.74 Å². The average molecular weight is 466 g/mol. The van der Waals surface area contributed by atoms with Crippen LogP contribution in [-0.2, 0) is 9.53 Å². The smallest absolute Gasteiger partial charge is 0.243 e. The van der Waals surface area contributed by atoms with Crippen LogP contribution in [0, 0.1) is 0 Å². The van der Waals surface area contributed by atoms with Crippen molar-refractivity contribution < 1.29 is 9.53 Å². The van der Waals surface area contributed by atoms with Gasteiger partial charge in [-0.25, -0.2) is 4.99 Å². The lowest BCUT2D eigenvalue weighted by molar-refractivity contribution is -0.127. The molecule has 6 nitrogen and oxygen atoms in total. The molecule has 2 fully saturated rings. The molecule has 1 saturated heterocycles. The number of amides is 1. The van der Waals surface area contributed by atoms with E-state index < -0.39 is 0 Å². The minimum absolute atomic E-state index is 0. The van der Waals surface area contributed by atoms with Crippen molar-refractivity contribution in [2.24, 2.45) is 4.99 Å². The second-order valence-corrected chi connectivity index (χ2v) is 7.48. The third kappa shape index (κ3) is 6.92. The molecule has 1 spiro atoms. The highest BCUT2D eigenvalue weighted by atomic mass is 127. The first-order chi connectivity index (χ1) is 11.4. The molecule has 25 heavy (non-hydrogen) atoms. The largest absolute Gasteiger partial charge is 0.375 e. The Morgan fingerprint density at radius 1 is 1.36 bits per heavy atom. The number of likely N-dealkylation sites (N-methyl/N-ethyl adjacent to an activating group) is 1. The summed E-state index contributed by atoms with van der Waals surface area (Å²) < 4.78 is 6.11. The Hall–Kier alpha value is -0.570. The highest BCUT2D eigenvalue weighted by Gasteiger charge is 2.40. The van der Waals surface area contributed by atoms with Crippen LogP contribution in [0.2, 0.25) is 0 Å². The summed E-state index contributed by atoms with van der Waals surface area (Å²) >= 11 is 0. The number of aliphatic imine (C=N–C) groups is 1. The number of carbonyl (C=O) groups is 1. The number of halogens is 1. The summed E-state index contributed by atoms with van der Waals surface area (Å²) in [6, 6.07) is 0.688. The average Bonchev–Trinajstić information content (AvgIpc) is 2.99. The molecular formula is C18H35IN4O2. The molecule has 1 aliphatic carbocycles. The van der Waals surface area contributed by atoms with Crippen LogP contribution in [0.4, 0.5) is 0 Å². The predicted molar refractivity (Wildman–Crippen MR) is 113 cm³/mol. The van der Waals surface area contributed by atoms with E-state index in [0.29, 0.717) is 12.1 Å². The summed E-state index contributed by atoms with van der Waals surface area (Å²) in [5.41, 5.74) is 0.0802. The first-order valence-corrected chi connectivity index (χ1v) is 9.36. The zero-order valence-electron chi connectivity index (χ0n) is 16.1. The summed E-state index contributed by atoms with van der Waals surface area (Å²) in [6.45, 7) is 5.26. The van der Waals surface area contributed by atoms with E-state index in [1.54, 1.807) is 19.0 Å². The molecule has 146 valence electrons. The Morgan fingerprint density at radius 3 is 2.64 bits per heavy atom. The Bertz CT molecular complexity index is 450. The van der Waals surface area contributed by atoms with Gasteiger partial charge in [0, 0.05) is 32.8 Å². The molecule has 0 aromatic heterocycles. The molecule has 0 aromatic carbocycles. The van der Waals surface area contributed by atoms with E-state index in [-0.39, 0.29) is 42.0 Å². The van der Waals surface area contributed by atoms with Crippen molar-refractivity contribution in [2.75, 3.05) is 27.2 Å². The summed E-state index contributed by atoms with van der Waals surface area (Å²) in [6.07, 6.45) is 7.94. The Labute approximate surface area is 169 Å². The molecule has 0 radical (unpaired) electrons. The molecule has 2 aliphatic rings. The Kier molecular flexibility index (Phi) is 9.48. The van der Waals surface area contributed by atoms with Crippen molar-refractivity contribution >= 4 is 35.8 Å². The molecule has 2 rings (SSSR count). The van der Waals surface area contributed by atoms with E-state index in [1.165, 1.54) is 25.7 Å². The number of hydrogen-bond donors (Lipinski definition) is 2. The molecule has 2 atom stereocenters. The van der Waals surface area contributed by atoms with E-state index in [2.05, 4.69) is 29.5 Å². The molecule has 0 bridgehead atoms. The van der Waals surface area contributed by atoms with Gasteiger partial charge >= 0.3 is 0 Å². The van der Waals surface area contributed by atoms with Gasteiger partial charge in [0.1, 0.15) is 6.54 Å². The zero-order valence-corrected chi connectivity index (χ0v) is 18.5. The van der Waals surface area contributed by atoms with Crippen molar-refractivity contribution in [2.45, 2.75) is 76.5 Å². The maximum absolute atomic E-state index is 11.8. The molecule has 1 aliphatic heterocycles. The molecule has 1 saturated carbocycles. The molecule has 2 unspecified atom stereocenters. The number of nitrogens with zero attached hydrogens (tertiary/aromatic N) is 2. The predicted octanol–water partition coefficient (Wildman–Crippen LogP) is 2.52. The van der Waals surface area contributed by atoms with Crippen LogP contribution in [0.15, 0.2) is 4.99 Å². The van der Waals surface area contributed by atoms with E-state index in [9.17, 15) is 4.79 Å². The fourth-order valence-corrected chi connectivity index (χ4v) is 3.47. The van der Waals surface area contributed by atoms with Gasteiger partial charge in [-0.3, -0.25) is 4.79 Å². The summed E-state index contributed by atoms with van der Waals surface area (Å²) in [4.78, 5) is 17.9. The fraction of sp³-hybridized carbons (Fsp3) is 0.889. The van der Waals surface area contributed by atoms with Gasteiger partial charge in [-0.1, -0.05) is 19.8 Å². The van der Waals surface area contributed by atoms with Crippen molar-refractivity contribution in [3.8, 4) is 0 Å². The zero-order chi connectivity index (χ0) is 17.6. The highest BCUT2D eigenvalue weighted by Crippen LogP contribution is 2.39. The van der Waals surface area contributed by atoms with Gasteiger partial charge in [0.2, 0.25) is 5.91 Å². The minimum Gasteiger partial charge on any atom is -0.375 e. The van der Waals surface area contributed by atoms with Crippen molar-refractivity contribution in [1.82, 2.24) is 15.5 Å². The highest BCUT2D eigenvalue weighted by molar-refractivity contribution is 14.0. The lowest BCUT2D eigenvalue weighted by Crippen LogP contribution is -2.52. The Morgan fingerprint density at radius 2 is 2.04 bits per heavy atom. The lowest BCUT2D eigenvalue weighted by Gasteiger charge is -2.39. The van der Waals surface area contributed by atoms with Gasteiger partial charge < -0.3 is 20.3 Å². The SMILES string of the molecule is CCC(C)NC(=NCC(=O)N(C)C)NC1CCOC2(CCCC2)C1.I.